The molecule has 0 aliphatic carbocycles. The lowest BCUT2D eigenvalue weighted by Gasteiger charge is -2.54. The van der Waals surface area contributed by atoms with E-state index in [1.807, 2.05) is 84.9 Å². The van der Waals surface area contributed by atoms with Crippen molar-refractivity contribution in [1.29, 1.82) is 0 Å². The predicted molar refractivity (Wildman–Crippen MR) is 357 cm³/mol. The number of hydrogen-bond donors (Lipinski definition) is 2. The second-order valence-electron chi connectivity index (χ2n) is 25.1. The normalized spacial score (nSPS) is 21.2. The first kappa shape index (κ1) is 67.6. The van der Waals surface area contributed by atoms with E-state index in [1.54, 1.807) is 125 Å². The molecule has 0 bridgehead atoms. The number of methoxy groups -OCH3 is 2. The molecule has 4 aliphatic heterocycles. The number of benzene rings is 7. The zero-order valence-corrected chi connectivity index (χ0v) is 55.6. The summed E-state index contributed by atoms with van der Waals surface area (Å²) in [5.41, 5.74) is 0.646. The zero-order valence-electron chi connectivity index (χ0n) is 55.6. The van der Waals surface area contributed by atoms with Gasteiger partial charge in [-0.15, -0.1) is 10.2 Å². The summed E-state index contributed by atoms with van der Waals surface area (Å²) < 4.78 is 62.9. The second-order valence-corrected chi connectivity index (χ2v) is 25.1. The molecule has 0 radical (unpaired) electrons. The second kappa shape index (κ2) is 28.5. The molecule has 4 fully saturated rings. The Morgan fingerprint density at radius 2 is 0.840 bits per heavy atom. The van der Waals surface area contributed by atoms with Crippen molar-refractivity contribution in [3.05, 3.63) is 239 Å². The quantitative estimate of drug-likeness (QED) is 0.0296. The largest absolute Gasteiger partial charge is 0.497 e. The fraction of sp³-hybridized carbons (Fsp3) is 0.297. The minimum atomic E-state index is -2.41. The van der Waals surface area contributed by atoms with Gasteiger partial charge in [-0.2, -0.15) is 0 Å². The van der Waals surface area contributed by atoms with Crippen molar-refractivity contribution in [2.75, 3.05) is 37.2 Å². The van der Waals surface area contributed by atoms with Crippen LogP contribution >= 0.6 is 0 Å². The standard InChI is InChI=1S/C74H72N10O16/c1-71(2)95-45-61(97-71)63-73(67(87)75-37-47-17-9-7-10-18-47,69(89)83(63)53-29-33-55(91-5)34-30-53)99-65(85)57-21-13-15-23-59(57)81-39-51(77-79-81)43-93-41-49-25-27-50(28-26-49)42-94-44-52-40-82(80-78-52)60-24-16-14-22-58(60)66(86)100-74(68(88)76-38-48-19-11-8-12-20-48)64(62-46-96-72(3,4)98-62)84(70(74)90)54-31-35-56(92-6)36-32-54/h7-36,39-40,61-64H,37-38,41-46H2,1-6H3,(H,75,87)(H,76,88)/t61-,62-,63+,64+,73+,74+/m1/s1. The molecule has 13 rings (SSSR count). The highest BCUT2D eigenvalue weighted by Gasteiger charge is 2.74. The van der Waals surface area contributed by atoms with Crippen LogP contribution in [0.25, 0.3) is 11.4 Å². The number of para-hydroxylation sites is 2. The summed E-state index contributed by atoms with van der Waals surface area (Å²) in [4.78, 5) is 91.5. The van der Waals surface area contributed by atoms with Gasteiger partial charge >= 0.3 is 11.9 Å². The molecule has 514 valence electrons. The number of ether oxygens (including phenoxy) is 10. The molecule has 2 N–H and O–H groups in total. The van der Waals surface area contributed by atoms with E-state index in [0.717, 1.165) is 22.3 Å². The van der Waals surface area contributed by atoms with E-state index in [1.165, 1.54) is 45.5 Å². The molecule has 4 amide bonds. The number of β-lactam (4-membered cyclic amide) rings is 2. The Morgan fingerprint density at radius 1 is 0.470 bits per heavy atom. The van der Waals surface area contributed by atoms with E-state index in [4.69, 9.17) is 47.4 Å². The molecule has 6 heterocycles. The van der Waals surface area contributed by atoms with E-state index in [2.05, 4.69) is 31.3 Å². The first-order chi connectivity index (χ1) is 48.4. The molecule has 26 heteroatoms. The van der Waals surface area contributed by atoms with Gasteiger partial charge in [0.05, 0.1) is 88.8 Å². The number of carbonyl (C=O) groups is 6. The van der Waals surface area contributed by atoms with Crippen molar-refractivity contribution in [2.24, 2.45) is 0 Å². The maximum absolute atomic E-state index is 14.9. The van der Waals surface area contributed by atoms with Crippen LogP contribution in [-0.4, -0.2) is 140 Å². The van der Waals surface area contributed by atoms with Gasteiger partial charge in [0.2, 0.25) is 0 Å². The van der Waals surface area contributed by atoms with Crippen molar-refractivity contribution in [3.8, 4) is 22.9 Å². The highest BCUT2D eigenvalue weighted by molar-refractivity contribution is 6.25. The van der Waals surface area contributed by atoms with Crippen LogP contribution in [0.1, 0.15) is 82.1 Å². The van der Waals surface area contributed by atoms with Crippen LogP contribution in [0.2, 0.25) is 0 Å². The Balaban J connectivity index is 0.642. The minimum Gasteiger partial charge on any atom is -0.497 e. The maximum Gasteiger partial charge on any atom is 0.342 e. The average molecular weight is 1360 g/mol. The van der Waals surface area contributed by atoms with Gasteiger partial charge in [-0.25, -0.2) is 19.0 Å². The minimum absolute atomic E-state index is 0.00416. The SMILES string of the molecule is COc1ccc(N2C(=O)[C@@](OC(=O)c3ccccc3-n3cc(COCc4ccc(COCc5cn(-c6ccccc6C(=O)O[C@@]6(C(=O)NCc7ccccc7)C(=O)N(c7ccc(OC)cc7)[C@H]6[C@H]6COC(C)(C)O6)nn5)cc4)nn3)(C(=O)NCc3ccccc3)[C@@H]2[C@H]2COC(C)(C)O2)cc1. The monoisotopic (exact) mass is 1360 g/mol. The van der Waals surface area contributed by atoms with Crippen molar-refractivity contribution in [2.45, 2.75) is 114 Å². The topological polar surface area (TPSA) is 287 Å². The van der Waals surface area contributed by atoms with Gasteiger partial charge in [-0.3, -0.25) is 29.0 Å². The van der Waals surface area contributed by atoms with Gasteiger partial charge < -0.3 is 58.0 Å². The molecule has 0 saturated carbocycles. The van der Waals surface area contributed by atoms with Crippen LogP contribution in [0.5, 0.6) is 11.5 Å². The molecule has 26 nitrogen and oxygen atoms in total. The molecule has 100 heavy (non-hydrogen) atoms. The molecular formula is C74H72N10O16. The summed E-state index contributed by atoms with van der Waals surface area (Å²) in [6.07, 6.45) is 1.40. The van der Waals surface area contributed by atoms with Crippen LogP contribution in [0.3, 0.4) is 0 Å². The molecule has 9 aromatic rings. The van der Waals surface area contributed by atoms with Gasteiger partial charge in [0.25, 0.3) is 34.8 Å². The number of hydrogen-bond acceptors (Lipinski definition) is 20. The number of amides is 4. The molecule has 4 saturated heterocycles. The maximum atomic E-state index is 14.9. The third kappa shape index (κ3) is 13.7. The summed E-state index contributed by atoms with van der Waals surface area (Å²) in [7, 11) is 3.05. The number of rotatable bonds is 26. The van der Waals surface area contributed by atoms with E-state index in [-0.39, 0.29) is 75.2 Å². The van der Waals surface area contributed by atoms with Crippen molar-refractivity contribution in [1.82, 2.24) is 40.6 Å². The number of carbonyl (C=O) groups excluding carboxylic acids is 6. The van der Waals surface area contributed by atoms with Crippen LogP contribution in [0.15, 0.2) is 194 Å². The van der Waals surface area contributed by atoms with Gasteiger partial charge in [0.1, 0.15) is 47.2 Å². The Kier molecular flexibility index (Phi) is 19.2. The van der Waals surface area contributed by atoms with E-state index in [9.17, 15) is 28.8 Å². The molecule has 7 aromatic carbocycles. The van der Waals surface area contributed by atoms with Gasteiger partial charge in [0.15, 0.2) is 11.6 Å². The Morgan fingerprint density at radius 3 is 1.20 bits per heavy atom. The fourth-order valence-electron chi connectivity index (χ4n) is 12.7. The third-order valence-electron chi connectivity index (χ3n) is 17.6. The van der Waals surface area contributed by atoms with E-state index < -0.39 is 82.6 Å². The fourth-order valence-corrected chi connectivity index (χ4v) is 12.7. The number of anilines is 2. The molecule has 4 aliphatic rings. The summed E-state index contributed by atoms with van der Waals surface area (Å²) in [6.45, 7) is 7.46. The van der Waals surface area contributed by atoms with Crippen LogP contribution < -0.4 is 29.9 Å². The summed E-state index contributed by atoms with van der Waals surface area (Å²) in [5.74, 6) is -6.26. The van der Waals surface area contributed by atoms with Crippen molar-refractivity contribution in [3.63, 3.8) is 0 Å². The molecule has 2 aromatic heterocycles. The highest BCUT2D eigenvalue weighted by Crippen LogP contribution is 2.47. The number of nitrogens with one attached hydrogen (secondary N) is 2. The Bertz CT molecular complexity index is 4180. The van der Waals surface area contributed by atoms with Gasteiger partial charge in [-0.05, 0) is 123 Å². The summed E-state index contributed by atoms with van der Waals surface area (Å²) in [5, 5.41) is 23.0. The number of aromatic nitrogens is 6. The Labute approximate surface area is 574 Å². The van der Waals surface area contributed by atoms with Crippen molar-refractivity contribution < 1.29 is 76.1 Å². The lowest BCUT2D eigenvalue weighted by atomic mass is 9.76. The van der Waals surface area contributed by atoms with Gasteiger partial charge in [-0.1, -0.05) is 120 Å². The Hall–Kier alpha value is -11.0. The van der Waals surface area contributed by atoms with E-state index >= 15 is 0 Å². The molecular weight excluding hydrogens is 1280 g/mol. The summed E-state index contributed by atoms with van der Waals surface area (Å²) in [6, 6.07) is 50.0. The van der Waals surface area contributed by atoms with Crippen LogP contribution in [-0.2, 0) is 96.6 Å². The van der Waals surface area contributed by atoms with Crippen LogP contribution in [0, 0.1) is 0 Å². The summed E-state index contributed by atoms with van der Waals surface area (Å²) >= 11 is 0. The van der Waals surface area contributed by atoms with Crippen molar-refractivity contribution >= 4 is 46.9 Å². The molecule has 6 atom stereocenters. The average Bonchev–Trinajstić information content (AvgIpc) is 1.26. The lowest BCUT2D eigenvalue weighted by Crippen LogP contribution is -2.83. The van der Waals surface area contributed by atoms with Gasteiger partial charge in [0, 0.05) is 24.5 Å². The highest BCUT2D eigenvalue weighted by atomic mass is 16.8. The number of esters is 2. The smallest absolute Gasteiger partial charge is 0.342 e. The molecule has 0 unspecified atom stereocenters. The van der Waals surface area contributed by atoms with Crippen LogP contribution in [0.4, 0.5) is 11.4 Å². The number of nitrogens with zero attached hydrogens (tertiary/aromatic N) is 8. The molecule has 0 spiro atoms. The first-order valence-corrected chi connectivity index (χ1v) is 32.3. The first-order valence-electron chi connectivity index (χ1n) is 32.3. The van der Waals surface area contributed by atoms with E-state index in [0.29, 0.717) is 34.3 Å². The lowest BCUT2D eigenvalue weighted by molar-refractivity contribution is -0.181. The third-order valence-corrected chi connectivity index (χ3v) is 17.6. The predicted octanol–water partition coefficient (Wildman–Crippen LogP) is 7.86. The zero-order chi connectivity index (χ0) is 69.8.